The molecule has 80 valence electrons. The van der Waals surface area contributed by atoms with Crippen LogP contribution in [0.1, 0.15) is 13.8 Å². The Balaban J connectivity index is 2.95. The molecule has 0 saturated carbocycles. The number of hydrogen-bond acceptors (Lipinski definition) is 5. The molecule has 1 N–H and O–H groups in total. The Morgan fingerprint density at radius 1 is 1.43 bits per heavy atom. The van der Waals surface area contributed by atoms with E-state index in [1.54, 1.807) is 0 Å². The number of urea groups is 1. The quantitative estimate of drug-likeness (QED) is 0.494. The fraction of sp³-hybridized carbons (Fsp3) is 0.714. The Kier molecular flexibility index (Phi) is 2.74. The van der Waals surface area contributed by atoms with Crippen LogP contribution in [-0.4, -0.2) is 46.6 Å². The molecule has 0 aromatic heterocycles. The van der Waals surface area contributed by atoms with Gasteiger partial charge in [0.25, 0.3) is 5.91 Å². The minimum absolute atomic E-state index is 0.476. The minimum atomic E-state index is -1.12. The zero-order valence-corrected chi connectivity index (χ0v) is 8.18. The highest BCUT2D eigenvalue weighted by Crippen LogP contribution is 2.27. The fourth-order valence-corrected chi connectivity index (χ4v) is 1.22. The van der Waals surface area contributed by atoms with Gasteiger partial charge in [-0.15, -0.1) is 5.06 Å². The summed E-state index contributed by atoms with van der Waals surface area (Å²) in [7, 11) is 1.27. The zero-order chi connectivity index (χ0) is 10.9. The molecule has 1 fully saturated rings. The molecule has 3 amide bonds. The van der Waals surface area contributed by atoms with Crippen molar-refractivity contribution in [3.8, 4) is 0 Å². The molecule has 0 aromatic rings. The van der Waals surface area contributed by atoms with Gasteiger partial charge in [0.1, 0.15) is 5.54 Å². The second-order valence-electron chi connectivity index (χ2n) is 3.18. The molecule has 0 spiro atoms. The van der Waals surface area contributed by atoms with Crippen molar-refractivity contribution in [3.63, 3.8) is 0 Å². The van der Waals surface area contributed by atoms with E-state index in [2.05, 4.69) is 4.84 Å². The predicted octanol–water partition coefficient (Wildman–Crippen LogP) is -0.528. The van der Waals surface area contributed by atoms with Gasteiger partial charge in [-0.3, -0.25) is 9.63 Å². The Morgan fingerprint density at radius 3 is 2.36 bits per heavy atom. The Morgan fingerprint density at radius 2 is 2.00 bits per heavy atom. The number of aliphatic hydroxyl groups excluding tert-OH is 1. The average Bonchev–Trinajstić information content (AvgIpc) is 2.27. The molecule has 1 rings (SSSR count). The van der Waals surface area contributed by atoms with Crippen LogP contribution < -0.4 is 0 Å². The molecule has 7 heteroatoms. The van der Waals surface area contributed by atoms with Crippen molar-refractivity contribution in [2.45, 2.75) is 19.4 Å². The Labute approximate surface area is 80.7 Å². The van der Waals surface area contributed by atoms with Crippen molar-refractivity contribution < 1.29 is 24.4 Å². The van der Waals surface area contributed by atoms with Crippen LogP contribution in [0.4, 0.5) is 4.79 Å². The van der Waals surface area contributed by atoms with Gasteiger partial charge in [0.05, 0.1) is 7.11 Å². The van der Waals surface area contributed by atoms with E-state index in [4.69, 9.17) is 9.94 Å². The van der Waals surface area contributed by atoms with E-state index in [1.807, 2.05) is 0 Å². The zero-order valence-electron chi connectivity index (χ0n) is 8.18. The van der Waals surface area contributed by atoms with Crippen molar-refractivity contribution >= 4 is 11.9 Å². The van der Waals surface area contributed by atoms with E-state index in [9.17, 15) is 9.59 Å². The van der Waals surface area contributed by atoms with Gasteiger partial charge in [-0.25, -0.2) is 9.63 Å². The van der Waals surface area contributed by atoms with E-state index < -0.39 is 24.3 Å². The number of carbonyl (C=O) groups excluding carboxylic acids is 2. The summed E-state index contributed by atoms with van der Waals surface area (Å²) in [6.07, 6.45) is 0. The monoisotopic (exact) mass is 204 g/mol. The lowest BCUT2D eigenvalue weighted by Gasteiger charge is -2.23. The third kappa shape index (κ3) is 1.35. The number of hydroxylamine groups is 4. The SMILES string of the molecule is CON1C(=O)N(OCO)C(=O)C1(C)C. The summed E-state index contributed by atoms with van der Waals surface area (Å²) in [4.78, 5) is 32.2. The van der Waals surface area contributed by atoms with Crippen LogP contribution in [0.2, 0.25) is 0 Å². The lowest BCUT2D eigenvalue weighted by molar-refractivity contribution is -0.188. The number of amides is 3. The van der Waals surface area contributed by atoms with Crippen LogP contribution >= 0.6 is 0 Å². The summed E-state index contributed by atoms with van der Waals surface area (Å²) in [6.45, 7) is 2.28. The molecule has 0 atom stereocenters. The van der Waals surface area contributed by atoms with E-state index >= 15 is 0 Å². The highest BCUT2D eigenvalue weighted by atomic mass is 16.8. The topological polar surface area (TPSA) is 79.3 Å². The maximum atomic E-state index is 11.5. The Hall–Kier alpha value is -1.18. The molecule has 1 heterocycles. The molecular weight excluding hydrogens is 192 g/mol. The summed E-state index contributed by atoms with van der Waals surface area (Å²) in [5.74, 6) is -0.585. The highest BCUT2D eigenvalue weighted by molar-refractivity contribution is 6.04. The van der Waals surface area contributed by atoms with Crippen LogP contribution in [0.3, 0.4) is 0 Å². The van der Waals surface area contributed by atoms with Gasteiger partial charge >= 0.3 is 6.03 Å². The summed E-state index contributed by atoms with van der Waals surface area (Å²) in [6, 6.07) is -0.753. The third-order valence-electron chi connectivity index (χ3n) is 1.93. The van der Waals surface area contributed by atoms with Gasteiger partial charge in [0, 0.05) is 0 Å². The van der Waals surface area contributed by atoms with Crippen molar-refractivity contribution in [1.82, 2.24) is 10.1 Å². The molecule has 1 aliphatic heterocycles. The lowest BCUT2D eigenvalue weighted by Crippen LogP contribution is -2.43. The Bertz CT molecular complexity index is 265. The lowest BCUT2D eigenvalue weighted by atomic mass is 10.1. The number of nitrogens with zero attached hydrogens (tertiary/aromatic N) is 2. The van der Waals surface area contributed by atoms with Gasteiger partial charge in [-0.2, -0.15) is 5.06 Å². The second-order valence-corrected chi connectivity index (χ2v) is 3.18. The van der Waals surface area contributed by atoms with Gasteiger partial charge in [0.15, 0.2) is 6.79 Å². The summed E-state index contributed by atoms with van der Waals surface area (Å²) in [5.41, 5.74) is -1.12. The predicted molar refractivity (Wildman–Crippen MR) is 43.3 cm³/mol. The molecule has 1 aliphatic rings. The number of aliphatic hydroxyl groups is 1. The normalized spacial score (nSPS) is 20.9. The standard InChI is InChI=1S/C7H12N2O5/c1-7(2)5(11)8(14-4-10)6(12)9(7)13-3/h10H,4H2,1-3H3. The van der Waals surface area contributed by atoms with Gasteiger partial charge in [-0.1, -0.05) is 0 Å². The van der Waals surface area contributed by atoms with Crippen molar-refractivity contribution in [2.75, 3.05) is 13.9 Å². The van der Waals surface area contributed by atoms with E-state index in [0.717, 1.165) is 5.06 Å². The fourth-order valence-electron chi connectivity index (χ4n) is 1.22. The highest BCUT2D eigenvalue weighted by Gasteiger charge is 2.53. The molecular formula is C7H12N2O5. The smallest absolute Gasteiger partial charge is 0.368 e. The molecule has 0 radical (unpaired) electrons. The number of hydrogen-bond donors (Lipinski definition) is 1. The molecule has 7 nitrogen and oxygen atoms in total. The van der Waals surface area contributed by atoms with E-state index in [0.29, 0.717) is 5.06 Å². The third-order valence-corrected chi connectivity index (χ3v) is 1.93. The maximum absolute atomic E-state index is 11.5. The van der Waals surface area contributed by atoms with Crippen molar-refractivity contribution in [1.29, 1.82) is 0 Å². The minimum Gasteiger partial charge on any atom is -0.368 e. The summed E-state index contributed by atoms with van der Waals surface area (Å²) in [5, 5.41) is 9.82. The van der Waals surface area contributed by atoms with Crippen LogP contribution in [-0.2, 0) is 14.5 Å². The number of carbonyl (C=O) groups is 2. The molecule has 0 aromatic carbocycles. The first-order chi connectivity index (χ1) is 6.46. The molecule has 0 unspecified atom stereocenters. The summed E-state index contributed by atoms with van der Waals surface area (Å²) < 4.78 is 0. The van der Waals surface area contributed by atoms with Crippen LogP contribution in [0.25, 0.3) is 0 Å². The largest absolute Gasteiger partial charge is 0.376 e. The van der Waals surface area contributed by atoms with Crippen LogP contribution in [0, 0.1) is 0 Å². The van der Waals surface area contributed by atoms with Gasteiger partial charge in [-0.05, 0) is 13.8 Å². The first kappa shape index (κ1) is 10.9. The second kappa shape index (κ2) is 3.52. The molecule has 0 bridgehead atoms. The number of imide groups is 1. The van der Waals surface area contributed by atoms with Gasteiger partial charge in [0.2, 0.25) is 0 Å². The molecule has 1 saturated heterocycles. The van der Waals surface area contributed by atoms with Gasteiger partial charge < -0.3 is 5.11 Å². The van der Waals surface area contributed by atoms with Crippen LogP contribution in [0.5, 0.6) is 0 Å². The maximum Gasteiger partial charge on any atom is 0.376 e. The first-order valence-electron chi connectivity index (χ1n) is 3.93. The summed E-state index contributed by atoms with van der Waals surface area (Å²) >= 11 is 0. The van der Waals surface area contributed by atoms with Crippen molar-refractivity contribution in [3.05, 3.63) is 0 Å². The van der Waals surface area contributed by atoms with E-state index in [1.165, 1.54) is 21.0 Å². The average molecular weight is 204 g/mol. The molecule has 0 aliphatic carbocycles. The number of rotatable bonds is 3. The first-order valence-corrected chi connectivity index (χ1v) is 3.93. The van der Waals surface area contributed by atoms with E-state index in [-0.39, 0.29) is 0 Å². The molecule has 14 heavy (non-hydrogen) atoms. The van der Waals surface area contributed by atoms with Crippen LogP contribution in [0.15, 0.2) is 0 Å². The van der Waals surface area contributed by atoms with Crippen molar-refractivity contribution in [2.24, 2.45) is 0 Å².